The molecule has 0 aliphatic carbocycles. The first-order valence-electron chi connectivity index (χ1n) is 4.76. The molecule has 1 unspecified atom stereocenters. The van der Waals surface area contributed by atoms with Crippen LogP contribution in [-0.4, -0.2) is 12.5 Å². The van der Waals surface area contributed by atoms with Gasteiger partial charge in [0.2, 0.25) is 0 Å². The summed E-state index contributed by atoms with van der Waals surface area (Å²) in [4.78, 5) is 11.5. The molecule has 1 aromatic carbocycles. The standard InChI is InChI=1S/C10H12NO3P/c1-3-14-15(13)9-7(2)5-4-6-8(9)10(12)11-15/h4-6H,3H2,1-2H3,(H,11,12,13). The average molecular weight is 225 g/mol. The molecule has 0 spiro atoms. The number of aryl methyl sites for hydroxylation is 1. The Kier molecular flexibility index (Phi) is 2.41. The van der Waals surface area contributed by atoms with Crippen molar-refractivity contribution in [3.63, 3.8) is 0 Å². The number of amides is 1. The Balaban J connectivity index is 2.63. The summed E-state index contributed by atoms with van der Waals surface area (Å²) in [5.41, 5.74) is 1.29. The van der Waals surface area contributed by atoms with Crippen molar-refractivity contribution in [2.24, 2.45) is 0 Å². The van der Waals surface area contributed by atoms with Gasteiger partial charge in [0.25, 0.3) is 5.91 Å². The number of fused-ring (bicyclic) bond motifs is 1. The van der Waals surface area contributed by atoms with E-state index in [0.717, 1.165) is 5.56 Å². The summed E-state index contributed by atoms with van der Waals surface area (Å²) < 4.78 is 17.5. The van der Waals surface area contributed by atoms with E-state index < -0.39 is 7.52 Å². The zero-order valence-electron chi connectivity index (χ0n) is 8.61. The summed E-state index contributed by atoms with van der Waals surface area (Å²) in [6.45, 7) is 3.89. The largest absolute Gasteiger partial charge is 0.327 e. The highest BCUT2D eigenvalue weighted by Gasteiger charge is 2.40. The SMILES string of the molecule is CCOP1(=O)NC(=O)c2cccc(C)c21. The fourth-order valence-electron chi connectivity index (χ4n) is 1.76. The van der Waals surface area contributed by atoms with Gasteiger partial charge >= 0.3 is 7.52 Å². The van der Waals surface area contributed by atoms with Crippen molar-refractivity contribution in [3.8, 4) is 0 Å². The van der Waals surface area contributed by atoms with E-state index in [0.29, 0.717) is 17.5 Å². The van der Waals surface area contributed by atoms with E-state index in [1.807, 2.05) is 13.0 Å². The van der Waals surface area contributed by atoms with Crippen LogP contribution >= 0.6 is 7.52 Å². The number of nitrogens with one attached hydrogen (secondary N) is 1. The maximum Gasteiger partial charge on any atom is 0.327 e. The molecule has 1 amide bonds. The van der Waals surface area contributed by atoms with Gasteiger partial charge in [-0.2, -0.15) is 0 Å². The van der Waals surface area contributed by atoms with Crippen molar-refractivity contribution >= 4 is 18.7 Å². The van der Waals surface area contributed by atoms with E-state index in [9.17, 15) is 9.36 Å². The van der Waals surface area contributed by atoms with Crippen LogP contribution in [0.4, 0.5) is 0 Å². The quantitative estimate of drug-likeness (QED) is 0.777. The summed E-state index contributed by atoms with van der Waals surface area (Å²) in [5, 5.41) is 2.96. The van der Waals surface area contributed by atoms with E-state index >= 15 is 0 Å². The lowest BCUT2D eigenvalue weighted by Gasteiger charge is -2.13. The van der Waals surface area contributed by atoms with Crippen LogP contribution in [0.25, 0.3) is 0 Å². The third kappa shape index (κ3) is 1.50. The topological polar surface area (TPSA) is 55.4 Å². The van der Waals surface area contributed by atoms with Crippen LogP contribution in [0.2, 0.25) is 0 Å². The number of carbonyl (C=O) groups is 1. The number of carbonyl (C=O) groups excluding carboxylic acids is 1. The molecule has 0 radical (unpaired) electrons. The van der Waals surface area contributed by atoms with Gasteiger partial charge in [0.05, 0.1) is 17.5 Å². The molecule has 15 heavy (non-hydrogen) atoms. The number of benzene rings is 1. The number of hydrogen-bond acceptors (Lipinski definition) is 3. The molecule has 0 saturated heterocycles. The highest BCUT2D eigenvalue weighted by atomic mass is 31.2. The van der Waals surface area contributed by atoms with Crippen LogP contribution in [0.3, 0.4) is 0 Å². The summed E-state index contributed by atoms with van der Waals surface area (Å²) >= 11 is 0. The third-order valence-corrected chi connectivity index (χ3v) is 4.64. The lowest BCUT2D eigenvalue weighted by atomic mass is 10.1. The molecule has 1 N–H and O–H groups in total. The van der Waals surface area contributed by atoms with Gasteiger partial charge in [0, 0.05) is 0 Å². The van der Waals surface area contributed by atoms with E-state index in [4.69, 9.17) is 4.52 Å². The first kappa shape index (κ1) is 10.4. The Morgan fingerprint density at radius 3 is 2.87 bits per heavy atom. The second-order valence-corrected chi connectivity index (χ2v) is 5.41. The molecule has 2 rings (SSSR count). The molecular weight excluding hydrogens is 213 g/mol. The van der Waals surface area contributed by atoms with Crippen molar-refractivity contribution in [3.05, 3.63) is 29.3 Å². The minimum absolute atomic E-state index is 0.311. The molecule has 80 valence electrons. The molecule has 1 aromatic rings. The molecule has 0 aromatic heterocycles. The summed E-state index contributed by atoms with van der Waals surface area (Å²) in [6.07, 6.45) is 0. The lowest BCUT2D eigenvalue weighted by Crippen LogP contribution is -2.15. The van der Waals surface area contributed by atoms with Gasteiger partial charge in [-0.3, -0.25) is 14.4 Å². The van der Waals surface area contributed by atoms with Gasteiger partial charge in [0.15, 0.2) is 0 Å². The fourth-order valence-corrected chi connectivity index (χ4v) is 3.85. The van der Waals surface area contributed by atoms with Crippen LogP contribution < -0.4 is 10.4 Å². The van der Waals surface area contributed by atoms with Gasteiger partial charge in [-0.25, -0.2) is 0 Å². The molecule has 1 atom stereocenters. The van der Waals surface area contributed by atoms with Crippen molar-refractivity contribution in [2.75, 3.05) is 6.61 Å². The lowest BCUT2D eigenvalue weighted by molar-refractivity contribution is 0.0982. The van der Waals surface area contributed by atoms with Crippen molar-refractivity contribution in [2.45, 2.75) is 13.8 Å². The summed E-state index contributed by atoms with van der Waals surface area (Å²) in [6, 6.07) is 5.26. The highest BCUT2D eigenvalue weighted by molar-refractivity contribution is 7.67. The molecule has 1 aliphatic rings. The molecule has 0 bridgehead atoms. The van der Waals surface area contributed by atoms with E-state index in [1.54, 1.807) is 19.1 Å². The Bertz CT molecular complexity index is 470. The minimum Gasteiger partial charge on any atom is -0.310 e. The van der Waals surface area contributed by atoms with Crippen LogP contribution in [0.1, 0.15) is 22.8 Å². The Hall–Kier alpha value is -1.12. The Labute approximate surface area is 88.1 Å². The predicted molar refractivity (Wildman–Crippen MR) is 57.5 cm³/mol. The summed E-state index contributed by atoms with van der Waals surface area (Å²) in [7, 11) is -3.15. The zero-order chi connectivity index (χ0) is 11.1. The maximum atomic E-state index is 12.3. The molecule has 0 saturated carbocycles. The molecule has 4 nitrogen and oxygen atoms in total. The van der Waals surface area contributed by atoms with E-state index in [-0.39, 0.29) is 5.91 Å². The first-order chi connectivity index (χ1) is 7.08. The van der Waals surface area contributed by atoms with Crippen LogP contribution in [0.5, 0.6) is 0 Å². The molecule has 1 heterocycles. The van der Waals surface area contributed by atoms with E-state index in [1.165, 1.54) is 0 Å². The van der Waals surface area contributed by atoms with Gasteiger partial charge in [0.1, 0.15) is 0 Å². The Morgan fingerprint density at radius 2 is 2.20 bits per heavy atom. The number of rotatable bonds is 2. The van der Waals surface area contributed by atoms with Gasteiger partial charge < -0.3 is 4.52 Å². The fraction of sp³-hybridized carbons (Fsp3) is 0.300. The molecule has 5 heteroatoms. The van der Waals surface area contributed by atoms with Crippen molar-refractivity contribution < 1.29 is 13.9 Å². The second-order valence-electron chi connectivity index (χ2n) is 3.38. The van der Waals surface area contributed by atoms with Crippen LogP contribution in [0.15, 0.2) is 18.2 Å². The monoisotopic (exact) mass is 225 g/mol. The zero-order valence-corrected chi connectivity index (χ0v) is 9.51. The molecular formula is C10H12NO3P. The normalized spacial score (nSPS) is 23.7. The third-order valence-electron chi connectivity index (χ3n) is 2.34. The number of hydrogen-bond donors (Lipinski definition) is 1. The molecule has 1 aliphatic heterocycles. The van der Waals surface area contributed by atoms with Gasteiger partial charge in [-0.15, -0.1) is 0 Å². The van der Waals surface area contributed by atoms with Crippen molar-refractivity contribution in [1.82, 2.24) is 5.09 Å². The smallest absolute Gasteiger partial charge is 0.310 e. The van der Waals surface area contributed by atoms with Crippen LogP contribution in [-0.2, 0) is 9.09 Å². The van der Waals surface area contributed by atoms with Crippen molar-refractivity contribution in [1.29, 1.82) is 0 Å². The summed E-state index contributed by atoms with van der Waals surface area (Å²) in [5.74, 6) is -0.314. The average Bonchev–Trinajstić information content (AvgIpc) is 2.41. The predicted octanol–water partition coefficient (Wildman–Crippen LogP) is 1.59. The maximum absolute atomic E-state index is 12.3. The second kappa shape index (κ2) is 3.47. The highest BCUT2D eigenvalue weighted by Crippen LogP contribution is 2.47. The van der Waals surface area contributed by atoms with Gasteiger partial charge in [-0.1, -0.05) is 12.1 Å². The van der Waals surface area contributed by atoms with Gasteiger partial charge in [-0.05, 0) is 25.5 Å². The first-order valence-corrected chi connectivity index (χ1v) is 6.38. The Morgan fingerprint density at radius 1 is 1.47 bits per heavy atom. The molecule has 0 fully saturated rings. The van der Waals surface area contributed by atoms with Crippen LogP contribution in [0, 0.1) is 6.92 Å². The minimum atomic E-state index is -3.15. The van der Waals surface area contributed by atoms with E-state index in [2.05, 4.69) is 5.09 Å².